The molecule has 2 aliphatic heterocycles. The van der Waals surface area contributed by atoms with Crippen LogP contribution in [0, 0.1) is 34.8 Å². The average molecular weight is 492 g/mol. The number of nitro benzene ring substituents is 1. The van der Waals surface area contributed by atoms with E-state index in [1.807, 2.05) is 0 Å². The second-order valence-electron chi connectivity index (χ2n) is 9.56. The van der Waals surface area contributed by atoms with Gasteiger partial charge < -0.3 is 9.64 Å². The van der Waals surface area contributed by atoms with E-state index >= 15 is 0 Å². The van der Waals surface area contributed by atoms with Crippen LogP contribution < -0.4 is 14.5 Å². The van der Waals surface area contributed by atoms with Crippen molar-refractivity contribution >= 4 is 40.8 Å². The Hall–Kier alpha value is -4.08. The zero-order chi connectivity index (χ0) is 25.6. The summed E-state index contributed by atoms with van der Waals surface area (Å²) in [6, 6.07) is 10.3. The molecule has 0 N–H and O–H groups in total. The molecule has 3 atom stereocenters. The number of rotatable bonds is 5. The number of amides is 3. The first-order valence-electron chi connectivity index (χ1n) is 12.0. The number of nitrogens with zero attached hydrogens (tertiary/aromatic N) is 3. The maximum Gasteiger partial charge on any atom is 0.316 e. The van der Waals surface area contributed by atoms with Crippen molar-refractivity contribution in [2.24, 2.45) is 17.8 Å². The van der Waals surface area contributed by atoms with Crippen molar-refractivity contribution < 1.29 is 28.8 Å². The van der Waals surface area contributed by atoms with Gasteiger partial charge in [0.2, 0.25) is 17.7 Å². The van der Waals surface area contributed by atoms with Crippen molar-refractivity contribution in [1.29, 1.82) is 0 Å². The first-order chi connectivity index (χ1) is 17.2. The van der Waals surface area contributed by atoms with E-state index in [-0.39, 0.29) is 54.0 Å². The summed E-state index contributed by atoms with van der Waals surface area (Å²) in [4.78, 5) is 64.1. The molecule has 2 aromatic rings. The van der Waals surface area contributed by atoms with E-state index in [9.17, 15) is 29.3 Å². The molecule has 2 saturated heterocycles. The molecule has 3 aliphatic rings. The first-order valence-corrected chi connectivity index (χ1v) is 12.0. The molecule has 0 bridgehead atoms. The van der Waals surface area contributed by atoms with Gasteiger partial charge in [-0.15, -0.1) is 0 Å². The fourth-order valence-corrected chi connectivity index (χ4v) is 5.41. The molecule has 0 radical (unpaired) electrons. The number of imide groups is 1. The topological polar surface area (TPSA) is 127 Å². The Morgan fingerprint density at radius 2 is 1.64 bits per heavy atom. The van der Waals surface area contributed by atoms with Gasteiger partial charge in [0.05, 0.1) is 28.4 Å². The average Bonchev–Trinajstić information content (AvgIpc) is 3.37. The third-order valence-electron chi connectivity index (χ3n) is 7.30. The van der Waals surface area contributed by atoms with Crippen LogP contribution in [0.5, 0.6) is 5.75 Å². The van der Waals surface area contributed by atoms with Crippen LogP contribution in [0.2, 0.25) is 0 Å². The second kappa shape index (κ2) is 9.18. The standard InChI is InChI=1S/C26H25N3O7/c1-15-12-19(10-11-22(15)28-24(31)20-4-2-3-5-21(20)25(28)32)36-26(33)16-13-23(30)27(14-16)17-6-8-18(9-7-17)29(34)35/h6-12,16,20-21H,2-5,13-14H2,1H3/t16-,20-,21-/m1/s1. The van der Waals surface area contributed by atoms with Crippen LogP contribution in [0.15, 0.2) is 42.5 Å². The van der Waals surface area contributed by atoms with E-state index < -0.39 is 16.8 Å². The van der Waals surface area contributed by atoms with E-state index in [1.165, 1.54) is 34.1 Å². The number of aryl methyl sites for hydroxylation is 1. The molecule has 36 heavy (non-hydrogen) atoms. The summed E-state index contributed by atoms with van der Waals surface area (Å²) in [5.41, 5.74) is 1.52. The van der Waals surface area contributed by atoms with E-state index in [2.05, 4.69) is 0 Å². The molecule has 2 aromatic carbocycles. The van der Waals surface area contributed by atoms with Crippen molar-refractivity contribution in [3.63, 3.8) is 0 Å². The fraction of sp³-hybridized carbons (Fsp3) is 0.385. The molecule has 0 unspecified atom stereocenters. The van der Waals surface area contributed by atoms with Crippen LogP contribution in [0.25, 0.3) is 0 Å². The van der Waals surface area contributed by atoms with Crippen LogP contribution >= 0.6 is 0 Å². The van der Waals surface area contributed by atoms with Crippen LogP contribution in [-0.2, 0) is 19.2 Å². The minimum atomic E-state index is -0.697. The fourth-order valence-electron chi connectivity index (χ4n) is 5.41. The lowest BCUT2D eigenvalue weighted by molar-refractivity contribution is -0.384. The van der Waals surface area contributed by atoms with Gasteiger partial charge in [-0.25, -0.2) is 4.90 Å². The summed E-state index contributed by atoms with van der Waals surface area (Å²) in [6.07, 6.45) is 3.34. The number of esters is 1. The summed E-state index contributed by atoms with van der Waals surface area (Å²) in [6.45, 7) is 1.86. The smallest absolute Gasteiger partial charge is 0.316 e. The summed E-state index contributed by atoms with van der Waals surface area (Å²) >= 11 is 0. The molecule has 0 spiro atoms. The SMILES string of the molecule is Cc1cc(OC(=O)[C@@H]2CC(=O)N(c3ccc([N+](=O)[O-])cc3)C2)ccc1N1C(=O)[C@@H]2CCCC[C@H]2C1=O. The van der Waals surface area contributed by atoms with Gasteiger partial charge in [0.25, 0.3) is 5.69 Å². The van der Waals surface area contributed by atoms with Crippen molar-refractivity contribution in [1.82, 2.24) is 0 Å². The third kappa shape index (κ3) is 4.12. The maximum absolute atomic E-state index is 12.9. The van der Waals surface area contributed by atoms with E-state index in [1.54, 1.807) is 25.1 Å². The first kappa shape index (κ1) is 23.7. The molecule has 10 nitrogen and oxygen atoms in total. The number of nitro groups is 1. The molecule has 5 rings (SSSR count). The highest BCUT2D eigenvalue weighted by atomic mass is 16.6. The van der Waals surface area contributed by atoms with Gasteiger partial charge in [0.15, 0.2) is 0 Å². The normalized spacial score (nSPS) is 23.7. The van der Waals surface area contributed by atoms with Crippen molar-refractivity contribution in [3.05, 3.63) is 58.1 Å². The number of non-ortho nitro benzene ring substituents is 1. The van der Waals surface area contributed by atoms with Gasteiger partial charge >= 0.3 is 5.97 Å². The number of anilines is 2. The van der Waals surface area contributed by atoms with Crippen molar-refractivity contribution in [2.45, 2.75) is 39.0 Å². The lowest BCUT2D eigenvalue weighted by Crippen LogP contribution is -2.31. The van der Waals surface area contributed by atoms with Crippen molar-refractivity contribution in [2.75, 3.05) is 16.3 Å². The highest BCUT2D eigenvalue weighted by molar-refractivity contribution is 6.22. The summed E-state index contributed by atoms with van der Waals surface area (Å²) in [5, 5.41) is 10.9. The molecule has 2 heterocycles. The highest BCUT2D eigenvalue weighted by Gasteiger charge is 2.49. The molecule has 1 aliphatic carbocycles. The Morgan fingerprint density at radius 3 is 2.22 bits per heavy atom. The van der Waals surface area contributed by atoms with Gasteiger partial charge in [0.1, 0.15) is 5.75 Å². The van der Waals surface area contributed by atoms with Gasteiger partial charge in [-0.2, -0.15) is 0 Å². The van der Waals surface area contributed by atoms with Crippen molar-refractivity contribution in [3.8, 4) is 5.75 Å². The number of hydrogen-bond donors (Lipinski definition) is 0. The Labute approximate surface area is 207 Å². The predicted octanol–water partition coefficient (Wildman–Crippen LogP) is 3.54. The summed E-state index contributed by atoms with van der Waals surface area (Å²) < 4.78 is 5.53. The van der Waals surface area contributed by atoms with Gasteiger partial charge in [-0.05, 0) is 55.7 Å². The number of hydrogen-bond acceptors (Lipinski definition) is 7. The molecular weight excluding hydrogens is 466 g/mol. The van der Waals surface area contributed by atoms with Gasteiger partial charge in [-0.1, -0.05) is 12.8 Å². The monoisotopic (exact) mass is 491 g/mol. The number of carbonyl (C=O) groups is 4. The van der Waals surface area contributed by atoms with Crippen LogP contribution in [-0.4, -0.2) is 35.2 Å². The lowest BCUT2D eigenvalue weighted by Gasteiger charge is -2.19. The zero-order valence-electron chi connectivity index (χ0n) is 19.7. The largest absolute Gasteiger partial charge is 0.426 e. The third-order valence-corrected chi connectivity index (χ3v) is 7.30. The molecule has 3 amide bonds. The highest BCUT2D eigenvalue weighted by Crippen LogP contribution is 2.41. The van der Waals surface area contributed by atoms with E-state index in [0.29, 0.717) is 16.9 Å². The van der Waals surface area contributed by atoms with Gasteiger partial charge in [-0.3, -0.25) is 29.3 Å². The molecule has 10 heteroatoms. The van der Waals surface area contributed by atoms with E-state index in [4.69, 9.17) is 4.74 Å². The lowest BCUT2D eigenvalue weighted by atomic mass is 9.81. The Morgan fingerprint density at radius 1 is 1.00 bits per heavy atom. The second-order valence-corrected chi connectivity index (χ2v) is 9.56. The number of carbonyl (C=O) groups excluding carboxylic acids is 4. The van der Waals surface area contributed by atoms with Crippen LogP contribution in [0.3, 0.4) is 0 Å². The minimum Gasteiger partial charge on any atom is -0.426 e. The summed E-state index contributed by atoms with van der Waals surface area (Å²) in [5.74, 6) is -2.09. The number of benzene rings is 2. The molecule has 3 fully saturated rings. The minimum absolute atomic E-state index is 0.0353. The Balaban J connectivity index is 1.26. The molecule has 1 saturated carbocycles. The zero-order valence-corrected chi connectivity index (χ0v) is 19.7. The predicted molar refractivity (Wildman–Crippen MR) is 128 cm³/mol. The van der Waals surface area contributed by atoms with E-state index in [0.717, 1.165) is 25.7 Å². The summed E-state index contributed by atoms with van der Waals surface area (Å²) in [7, 11) is 0. The van der Waals surface area contributed by atoms with Gasteiger partial charge in [0, 0.05) is 30.8 Å². The molecule has 0 aromatic heterocycles. The Kier molecular flexibility index (Phi) is 6.03. The number of ether oxygens (including phenoxy) is 1. The van der Waals surface area contributed by atoms with Crippen LogP contribution in [0.1, 0.15) is 37.7 Å². The number of fused-ring (bicyclic) bond motifs is 1. The molecular formula is C26H25N3O7. The quantitative estimate of drug-likeness (QED) is 0.206. The maximum atomic E-state index is 12.9. The molecule has 186 valence electrons. The Bertz CT molecular complexity index is 1250. The van der Waals surface area contributed by atoms with Crippen LogP contribution in [0.4, 0.5) is 17.1 Å².